The minimum atomic E-state index is -3.97. The van der Waals surface area contributed by atoms with Crippen LogP contribution in [0.4, 0.5) is 10.1 Å². The van der Waals surface area contributed by atoms with Crippen molar-refractivity contribution >= 4 is 15.7 Å². The molecule has 118 valence electrons. The second-order valence-corrected chi connectivity index (χ2v) is 6.65. The van der Waals surface area contributed by atoms with Gasteiger partial charge in [-0.2, -0.15) is 8.70 Å². The van der Waals surface area contributed by atoms with Crippen LogP contribution in [-0.4, -0.2) is 44.5 Å². The molecule has 0 aliphatic rings. The summed E-state index contributed by atoms with van der Waals surface area (Å²) in [6.07, 6.45) is 0. The molecule has 1 aromatic rings. The fourth-order valence-electron chi connectivity index (χ4n) is 1.75. The summed E-state index contributed by atoms with van der Waals surface area (Å²) in [5.41, 5.74) is -0.961. The number of ether oxygens (including phenoxy) is 1. The van der Waals surface area contributed by atoms with E-state index in [4.69, 9.17) is 4.74 Å². The van der Waals surface area contributed by atoms with E-state index in [9.17, 15) is 22.9 Å². The van der Waals surface area contributed by atoms with Crippen LogP contribution in [0, 0.1) is 22.9 Å². The SMILES string of the molecule is COCC(C)N(C)S(=O)(=O)c1cc(C)c(F)c([N+](=O)[O-])c1. The minimum absolute atomic E-state index is 0.101. The van der Waals surface area contributed by atoms with Crippen LogP contribution in [0.1, 0.15) is 12.5 Å². The molecule has 0 spiro atoms. The van der Waals surface area contributed by atoms with Crippen molar-refractivity contribution < 1.29 is 22.5 Å². The van der Waals surface area contributed by atoms with E-state index in [1.165, 1.54) is 21.1 Å². The molecule has 1 aromatic carbocycles. The lowest BCUT2D eigenvalue weighted by molar-refractivity contribution is -0.387. The van der Waals surface area contributed by atoms with Gasteiger partial charge in [0, 0.05) is 26.3 Å². The smallest absolute Gasteiger partial charge is 0.306 e. The molecule has 7 nitrogen and oxygen atoms in total. The molecule has 0 aliphatic carbocycles. The lowest BCUT2D eigenvalue weighted by Gasteiger charge is -2.23. The van der Waals surface area contributed by atoms with Crippen molar-refractivity contribution in [2.45, 2.75) is 24.8 Å². The number of nitro benzene ring substituents is 1. The van der Waals surface area contributed by atoms with Crippen LogP contribution in [0.2, 0.25) is 0 Å². The van der Waals surface area contributed by atoms with E-state index in [1.807, 2.05) is 0 Å². The number of methoxy groups -OCH3 is 1. The van der Waals surface area contributed by atoms with E-state index in [1.54, 1.807) is 6.92 Å². The first-order chi connectivity index (χ1) is 9.62. The molecule has 0 fully saturated rings. The first-order valence-corrected chi connectivity index (χ1v) is 7.48. The molecule has 0 aromatic heterocycles. The van der Waals surface area contributed by atoms with Crippen LogP contribution >= 0.6 is 0 Å². The van der Waals surface area contributed by atoms with Gasteiger partial charge in [-0.15, -0.1) is 0 Å². The first-order valence-electron chi connectivity index (χ1n) is 6.04. The lowest BCUT2D eigenvalue weighted by Crippen LogP contribution is -2.37. The van der Waals surface area contributed by atoms with E-state index in [0.717, 1.165) is 16.4 Å². The summed E-state index contributed by atoms with van der Waals surface area (Å²) in [6.45, 7) is 3.07. The van der Waals surface area contributed by atoms with Gasteiger partial charge in [0.2, 0.25) is 15.8 Å². The number of halogens is 1. The van der Waals surface area contributed by atoms with Crippen molar-refractivity contribution in [1.82, 2.24) is 4.31 Å². The molecule has 1 unspecified atom stereocenters. The number of sulfonamides is 1. The Labute approximate surface area is 122 Å². The minimum Gasteiger partial charge on any atom is -0.383 e. The number of rotatable bonds is 6. The maximum absolute atomic E-state index is 13.6. The maximum Gasteiger partial charge on any atom is 0.306 e. The summed E-state index contributed by atoms with van der Waals surface area (Å²) in [7, 11) is -1.20. The van der Waals surface area contributed by atoms with E-state index >= 15 is 0 Å². The van der Waals surface area contributed by atoms with Crippen molar-refractivity contribution in [2.24, 2.45) is 0 Å². The number of hydrogen-bond acceptors (Lipinski definition) is 5. The number of benzene rings is 1. The summed E-state index contributed by atoms with van der Waals surface area (Å²) in [4.78, 5) is 9.53. The topological polar surface area (TPSA) is 89.8 Å². The zero-order valence-corrected chi connectivity index (χ0v) is 13.0. The molecule has 0 amide bonds. The highest BCUT2D eigenvalue weighted by Gasteiger charge is 2.29. The van der Waals surface area contributed by atoms with Crippen LogP contribution < -0.4 is 0 Å². The monoisotopic (exact) mass is 320 g/mol. The summed E-state index contributed by atoms with van der Waals surface area (Å²) in [6, 6.07) is 1.34. The lowest BCUT2D eigenvalue weighted by atomic mass is 10.2. The fourth-order valence-corrected chi connectivity index (χ4v) is 3.20. The van der Waals surface area contributed by atoms with Crippen molar-refractivity contribution in [2.75, 3.05) is 20.8 Å². The second kappa shape index (κ2) is 6.46. The molecule has 0 bridgehead atoms. The van der Waals surface area contributed by atoms with Gasteiger partial charge in [0.15, 0.2) is 0 Å². The Morgan fingerprint density at radius 2 is 2.05 bits per heavy atom. The fraction of sp³-hybridized carbons (Fsp3) is 0.500. The molecule has 0 saturated carbocycles. The zero-order valence-electron chi connectivity index (χ0n) is 12.2. The maximum atomic E-state index is 13.6. The molecule has 1 atom stereocenters. The molecule has 21 heavy (non-hydrogen) atoms. The van der Waals surface area contributed by atoms with Crippen LogP contribution in [0.15, 0.2) is 17.0 Å². The standard InChI is InChI=1S/C12H17FN2O5S/c1-8-5-10(6-11(12(8)13)15(16)17)21(18,19)14(3)9(2)7-20-4/h5-6,9H,7H2,1-4H3. The zero-order chi connectivity index (χ0) is 16.4. The molecule has 0 N–H and O–H groups in total. The Hall–Kier alpha value is -1.58. The number of aryl methyl sites for hydroxylation is 1. The van der Waals surface area contributed by atoms with Crippen LogP contribution in [0.25, 0.3) is 0 Å². The summed E-state index contributed by atoms with van der Waals surface area (Å²) < 4.78 is 44.4. The molecular weight excluding hydrogens is 303 g/mol. The highest BCUT2D eigenvalue weighted by atomic mass is 32.2. The summed E-state index contributed by atoms with van der Waals surface area (Å²) >= 11 is 0. The van der Waals surface area contributed by atoms with E-state index in [-0.39, 0.29) is 17.1 Å². The Morgan fingerprint density at radius 3 is 2.52 bits per heavy atom. The van der Waals surface area contributed by atoms with E-state index in [2.05, 4.69) is 0 Å². The van der Waals surface area contributed by atoms with Gasteiger partial charge < -0.3 is 4.74 Å². The van der Waals surface area contributed by atoms with Gasteiger partial charge in [-0.05, 0) is 25.5 Å². The third-order valence-corrected chi connectivity index (χ3v) is 5.06. The number of nitro groups is 1. The van der Waals surface area contributed by atoms with Gasteiger partial charge in [-0.3, -0.25) is 10.1 Å². The number of nitrogens with zero attached hydrogens (tertiary/aromatic N) is 2. The molecule has 1 rings (SSSR count). The largest absolute Gasteiger partial charge is 0.383 e. The Bertz CT molecular complexity index is 647. The van der Waals surface area contributed by atoms with Gasteiger partial charge in [0.05, 0.1) is 16.4 Å². The molecular formula is C12H17FN2O5S. The van der Waals surface area contributed by atoms with Gasteiger partial charge in [0.1, 0.15) is 0 Å². The highest BCUT2D eigenvalue weighted by Crippen LogP contribution is 2.27. The van der Waals surface area contributed by atoms with Gasteiger partial charge in [-0.25, -0.2) is 8.42 Å². The predicted octanol–water partition coefficient (Wildman–Crippen LogP) is 1.70. The average molecular weight is 320 g/mol. The van der Waals surface area contributed by atoms with Gasteiger partial charge >= 0.3 is 5.69 Å². The van der Waals surface area contributed by atoms with Crippen molar-refractivity contribution in [3.05, 3.63) is 33.6 Å². The first kappa shape index (κ1) is 17.5. The molecule has 0 aliphatic heterocycles. The Kier molecular flexibility index (Phi) is 5.37. The van der Waals surface area contributed by atoms with Gasteiger partial charge in [0.25, 0.3) is 0 Å². The van der Waals surface area contributed by atoms with E-state index in [0.29, 0.717) is 0 Å². The van der Waals surface area contributed by atoms with Crippen molar-refractivity contribution in [1.29, 1.82) is 0 Å². The second-order valence-electron chi connectivity index (χ2n) is 4.66. The number of likely N-dealkylation sites (N-methyl/N-ethyl adjacent to an activating group) is 1. The summed E-state index contributed by atoms with van der Waals surface area (Å²) in [5.74, 6) is -1.04. The molecule has 0 heterocycles. The molecule has 0 saturated heterocycles. The third-order valence-electron chi connectivity index (χ3n) is 3.11. The predicted molar refractivity (Wildman–Crippen MR) is 74.1 cm³/mol. The van der Waals surface area contributed by atoms with Crippen molar-refractivity contribution in [3.63, 3.8) is 0 Å². The molecule has 0 radical (unpaired) electrons. The van der Waals surface area contributed by atoms with Crippen LogP contribution in [-0.2, 0) is 14.8 Å². The summed E-state index contributed by atoms with van der Waals surface area (Å²) in [5, 5.41) is 10.8. The Balaban J connectivity index is 3.36. The number of hydrogen-bond donors (Lipinski definition) is 0. The normalized spacial score (nSPS) is 13.4. The van der Waals surface area contributed by atoms with Crippen LogP contribution in [0.3, 0.4) is 0 Å². The third kappa shape index (κ3) is 3.55. The van der Waals surface area contributed by atoms with E-state index < -0.39 is 32.5 Å². The highest BCUT2D eigenvalue weighted by molar-refractivity contribution is 7.89. The molecule has 9 heteroatoms. The van der Waals surface area contributed by atoms with Crippen molar-refractivity contribution in [3.8, 4) is 0 Å². The quantitative estimate of drug-likeness (QED) is 0.588. The van der Waals surface area contributed by atoms with Crippen LogP contribution in [0.5, 0.6) is 0 Å². The Morgan fingerprint density at radius 1 is 1.48 bits per heavy atom. The average Bonchev–Trinajstić information content (AvgIpc) is 2.40. The van der Waals surface area contributed by atoms with Gasteiger partial charge in [-0.1, -0.05) is 0 Å².